The third-order valence-corrected chi connectivity index (χ3v) is 7.11. The van der Waals surface area contributed by atoms with E-state index in [4.69, 9.17) is 4.98 Å². The molecule has 3 heterocycles. The van der Waals surface area contributed by atoms with Gasteiger partial charge >= 0.3 is 0 Å². The lowest BCUT2D eigenvalue weighted by atomic mass is 9.89. The average Bonchev–Trinajstić information content (AvgIpc) is 2.94. The van der Waals surface area contributed by atoms with Crippen LogP contribution in [0.5, 0.6) is 0 Å². The second-order valence-electron chi connectivity index (χ2n) is 8.02. The quantitative estimate of drug-likeness (QED) is 0.836. The number of aromatic nitrogens is 2. The van der Waals surface area contributed by atoms with Crippen LogP contribution >= 0.6 is 11.3 Å². The Morgan fingerprint density at radius 1 is 1.24 bits per heavy atom. The van der Waals surface area contributed by atoms with Crippen molar-refractivity contribution in [3.8, 4) is 0 Å². The van der Waals surface area contributed by atoms with E-state index in [-0.39, 0.29) is 5.56 Å². The second-order valence-corrected chi connectivity index (χ2v) is 9.10. The van der Waals surface area contributed by atoms with Crippen molar-refractivity contribution in [1.82, 2.24) is 14.5 Å². The summed E-state index contributed by atoms with van der Waals surface area (Å²) in [7, 11) is 2.17. The van der Waals surface area contributed by atoms with Gasteiger partial charge < -0.3 is 4.90 Å². The number of rotatable bonds is 3. The summed E-state index contributed by atoms with van der Waals surface area (Å²) in [4.78, 5) is 23.3. The topological polar surface area (TPSA) is 38.1 Å². The van der Waals surface area contributed by atoms with Crippen molar-refractivity contribution in [2.24, 2.45) is 5.92 Å². The molecule has 2 aromatic heterocycles. The first-order valence-corrected chi connectivity index (χ1v) is 10.6. The smallest absolute Gasteiger partial charge is 0.262 e. The molecule has 4 rings (SSSR count). The fourth-order valence-electron chi connectivity index (χ4n) is 4.47. The molecular formula is C20H29N3OS. The van der Waals surface area contributed by atoms with E-state index in [1.807, 2.05) is 0 Å². The lowest BCUT2D eigenvalue weighted by Gasteiger charge is -2.31. The molecule has 0 radical (unpaired) electrons. The van der Waals surface area contributed by atoms with Gasteiger partial charge in [-0.1, -0.05) is 13.8 Å². The van der Waals surface area contributed by atoms with Crippen LogP contribution in [0.15, 0.2) is 4.79 Å². The van der Waals surface area contributed by atoms with Crippen molar-refractivity contribution in [3.05, 3.63) is 26.6 Å². The highest BCUT2D eigenvalue weighted by atomic mass is 32.1. The third-order valence-electron chi connectivity index (χ3n) is 5.96. The fraction of sp³-hybridized carbons (Fsp3) is 0.700. The highest BCUT2D eigenvalue weighted by Gasteiger charge is 2.27. The standard InChI is InChI=1S/C20H29N3OS/c1-4-5-17-21-19-18(15-7-6-13(2)12-16(15)25-19)20(24)23(17)14-8-10-22(3)11-9-14/h13-14H,4-12H2,1-3H3. The molecular weight excluding hydrogens is 330 g/mol. The van der Waals surface area contributed by atoms with Crippen LogP contribution in [0.3, 0.4) is 0 Å². The monoisotopic (exact) mass is 359 g/mol. The highest BCUT2D eigenvalue weighted by molar-refractivity contribution is 7.18. The Balaban J connectivity index is 1.86. The Labute approximate surface area is 153 Å². The van der Waals surface area contributed by atoms with Crippen molar-refractivity contribution < 1.29 is 0 Å². The van der Waals surface area contributed by atoms with Gasteiger partial charge in [-0.25, -0.2) is 4.98 Å². The van der Waals surface area contributed by atoms with Gasteiger partial charge in [0.05, 0.1) is 5.39 Å². The molecule has 0 spiro atoms. The molecule has 25 heavy (non-hydrogen) atoms. The van der Waals surface area contributed by atoms with Crippen molar-refractivity contribution in [2.45, 2.75) is 64.8 Å². The summed E-state index contributed by atoms with van der Waals surface area (Å²) in [6, 6.07) is 0.320. The molecule has 4 nitrogen and oxygen atoms in total. The number of likely N-dealkylation sites (tertiary alicyclic amines) is 1. The predicted molar refractivity (Wildman–Crippen MR) is 105 cm³/mol. The summed E-state index contributed by atoms with van der Waals surface area (Å²) in [6.07, 6.45) is 7.42. The number of piperidine rings is 1. The Bertz CT molecular complexity index is 830. The molecule has 0 amide bonds. The zero-order chi connectivity index (χ0) is 17.6. The molecule has 0 aromatic carbocycles. The molecule has 0 N–H and O–H groups in total. The predicted octanol–water partition coefficient (Wildman–Crippen LogP) is 3.80. The number of aryl methyl sites for hydroxylation is 2. The van der Waals surface area contributed by atoms with Crippen LogP contribution < -0.4 is 5.56 Å². The maximum atomic E-state index is 13.5. The van der Waals surface area contributed by atoms with Crippen LogP contribution in [-0.4, -0.2) is 34.6 Å². The third kappa shape index (κ3) is 3.06. The molecule has 2 aliphatic rings. The van der Waals surface area contributed by atoms with Crippen LogP contribution in [0.1, 0.15) is 61.8 Å². The van der Waals surface area contributed by atoms with E-state index in [9.17, 15) is 4.79 Å². The zero-order valence-electron chi connectivity index (χ0n) is 15.7. The van der Waals surface area contributed by atoms with Crippen LogP contribution in [0, 0.1) is 5.92 Å². The van der Waals surface area contributed by atoms with E-state index in [0.717, 1.165) is 73.6 Å². The Hall–Kier alpha value is -1.20. The summed E-state index contributed by atoms with van der Waals surface area (Å²) in [6.45, 7) is 6.64. The van der Waals surface area contributed by atoms with E-state index < -0.39 is 0 Å². The molecule has 0 saturated carbocycles. The Kier molecular flexibility index (Phi) is 4.71. The number of fused-ring (bicyclic) bond motifs is 3. The van der Waals surface area contributed by atoms with Gasteiger partial charge in [-0.2, -0.15) is 0 Å². The molecule has 1 aliphatic carbocycles. The summed E-state index contributed by atoms with van der Waals surface area (Å²) in [5.41, 5.74) is 1.57. The van der Waals surface area contributed by atoms with Crippen molar-refractivity contribution in [2.75, 3.05) is 20.1 Å². The molecule has 1 fully saturated rings. The minimum atomic E-state index is 0.245. The first kappa shape index (κ1) is 17.2. The molecule has 5 heteroatoms. The van der Waals surface area contributed by atoms with E-state index in [2.05, 4.69) is 30.4 Å². The van der Waals surface area contributed by atoms with E-state index in [0.29, 0.717) is 6.04 Å². The minimum absolute atomic E-state index is 0.245. The summed E-state index contributed by atoms with van der Waals surface area (Å²) in [5.74, 6) is 1.74. The van der Waals surface area contributed by atoms with Gasteiger partial charge in [-0.15, -0.1) is 11.3 Å². The average molecular weight is 360 g/mol. The van der Waals surface area contributed by atoms with Gasteiger partial charge in [0.25, 0.3) is 5.56 Å². The van der Waals surface area contributed by atoms with Gasteiger partial charge in [0.15, 0.2) is 0 Å². The number of nitrogens with zero attached hydrogens (tertiary/aromatic N) is 3. The molecule has 1 atom stereocenters. The van der Waals surface area contributed by atoms with Crippen LogP contribution in [-0.2, 0) is 19.3 Å². The van der Waals surface area contributed by atoms with Crippen LogP contribution in [0.4, 0.5) is 0 Å². The lowest BCUT2D eigenvalue weighted by molar-refractivity contribution is 0.215. The van der Waals surface area contributed by atoms with Gasteiger partial charge in [0.1, 0.15) is 10.7 Å². The minimum Gasteiger partial charge on any atom is -0.306 e. The highest BCUT2D eigenvalue weighted by Crippen LogP contribution is 2.36. The number of hydrogen-bond donors (Lipinski definition) is 0. The Morgan fingerprint density at radius 2 is 2.00 bits per heavy atom. The van der Waals surface area contributed by atoms with Crippen molar-refractivity contribution in [1.29, 1.82) is 0 Å². The molecule has 1 aliphatic heterocycles. The van der Waals surface area contributed by atoms with E-state index in [1.165, 1.54) is 16.9 Å². The summed E-state index contributed by atoms with van der Waals surface area (Å²) < 4.78 is 2.09. The lowest BCUT2D eigenvalue weighted by Crippen LogP contribution is -2.37. The van der Waals surface area contributed by atoms with Gasteiger partial charge in [-0.05, 0) is 70.1 Å². The van der Waals surface area contributed by atoms with Crippen LogP contribution in [0.2, 0.25) is 0 Å². The van der Waals surface area contributed by atoms with E-state index >= 15 is 0 Å². The normalized spacial score (nSPS) is 22.4. The molecule has 2 aromatic rings. The van der Waals surface area contributed by atoms with Gasteiger partial charge in [0, 0.05) is 17.3 Å². The molecule has 136 valence electrons. The SMILES string of the molecule is CCCc1nc2sc3c(c2c(=O)n1C1CCN(C)CC1)CCC(C)C3. The Morgan fingerprint density at radius 3 is 2.72 bits per heavy atom. The molecule has 0 bridgehead atoms. The van der Waals surface area contributed by atoms with Crippen molar-refractivity contribution in [3.63, 3.8) is 0 Å². The van der Waals surface area contributed by atoms with Gasteiger partial charge in [-0.3, -0.25) is 9.36 Å². The molecule has 1 unspecified atom stereocenters. The van der Waals surface area contributed by atoms with Crippen LogP contribution in [0.25, 0.3) is 10.2 Å². The first-order valence-electron chi connectivity index (χ1n) is 9.82. The fourth-order valence-corrected chi connectivity index (χ4v) is 5.87. The van der Waals surface area contributed by atoms with Gasteiger partial charge in [0.2, 0.25) is 0 Å². The summed E-state index contributed by atoms with van der Waals surface area (Å²) >= 11 is 1.78. The van der Waals surface area contributed by atoms with Crippen molar-refractivity contribution >= 4 is 21.6 Å². The maximum absolute atomic E-state index is 13.5. The number of hydrogen-bond acceptors (Lipinski definition) is 4. The summed E-state index contributed by atoms with van der Waals surface area (Å²) in [5, 5.41) is 0.950. The number of thiophene rings is 1. The first-order chi connectivity index (χ1) is 12.1. The zero-order valence-corrected chi connectivity index (χ0v) is 16.5. The molecule has 1 saturated heterocycles. The largest absolute Gasteiger partial charge is 0.306 e. The van der Waals surface area contributed by atoms with E-state index in [1.54, 1.807) is 11.3 Å². The maximum Gasteiger partial charge on any atom is 0.262 e. The second kappa shape index (κ2) is 6.84.